The second kappa shape index (κ2) is 4.82. The molecule has 6 heteroatoms. The van der Waals surface area contributed by atoms with Gasteiger partial charge in [-0.05, 0) is 30.9 Å². The predicted octanol–water partition coefficient (Wildman–Crippen LogP) is 1.91. The maximum atomic E-state index is 5.83. The highest BCUT2D eigenvalue weighted by molar-refractivity contribution is 6.28. The molecule has 0 atom stereocenters. The lowest BCUT2D eigenvalue weighted by molar-refractivity contribution is 0.378. The first kappa shape index (κ1) is 11.4. The molecule has 0 saturated heterocycles. The van der Waals surface area contributed by atoms with Crippen LogP contribution >= 0.6 is 11.6 Å². The van der Waals surface area contributed by atoms with Crippen LogP contribution in [0.3, 0.4) is 0 Å². The van der Waals surface area contributed by atoms with Crippen molar-refractivity contribution in [1.29, 1.82) is 0 Å². The highest BCUT2D eigenvalue weighted by atomic mass is 35.5. The molecule has 1 fully saturated rings. The van der Waals surface area contributed by atoms with E-state index in [1.807, 2.05) is 0 Å². The third-order valence-electron chi connectivity index (χ3n) is 2.47. The summed E-state index contributed by atoms with van der Waals surface area (Å²) in [5.74, 6) is 0.626. The zero-order chi connectivity index (χ0) is 11.5. The Bertz CT molecular complexity index is 370. The molecule has 0 radical (unpaired) electrons. The van der Waals surface area contributed by atoms with Crippen LogP contribution in [0.15, 0.2) is 0 Å². The van der Waals surface area contributed by atoms with Gasteiger partial charge in [0.2, 0.25) is 11.2 Å². The van der Waals surface area contributed by atoms with Gasteiger partial charge in [-0.1, -0.05) is 6.92 Å². The summed E-state index contributed by atoms with van der Waals surface area (Å²) in [4.78, 5) is 14.4. The number of methoxy groups -OCH3 is 1. The van der Waals surface area contributed by atoms with Crippen molar-refractivity contribution in [3.05, 3.63) is 5.28 Å². The van der Waals surface area contributed by atoms with Gasteiger partial charge in [0, 0.05) is 12.6 Å². The summed E-state index contributed by atoms with van der Waals surface area (Å²) in [6.45, 7) is 3.07. The van der Waals surface area contributed by atoms with E-state index in [0.717, 1.165) is 13.0 Å². The van der Waals surface area contributed by atoms with Crippen LogP contribution < -0.4 is 9.64 Å². The van der Waals surface area contributed by atoms with Crippen molar-refractivity contribution in [1.82, 2.24) is 15.0 Å². The molecule has 0 aliphatic heterocycles. The molecule has 0 amide bonds. The number of ether oxygens (including phenoxy) is 1. The number of hydrogen-bond donors (Lipinski definition) is 0. The van der Waals surface area contributed by atoms with Crippen LogP contribution in [0.1, 0.15) is 26.2 Å². The van der Waals surface area contributed by atoms with Crippen molar-refractivity contribution < 1.29 is 4.74 Å². The standard InChI is InChI=1S/C10H15ClN4O/c1-3-6-15(7-4-5-7)9-12-8(11)13-10(14-9)16-2/h7H,3-6H2,1-2H3. The number of halogens is 1. The van der Waals surface area contributed by atoms with E-state index in [0.29, 0.717) is 12.0 Å². The van der Waals surface area contributed by atoms with E-state index in [2.05, 4.69) is 26.8 Å². The second-order valence-electron chi connectivity index (χ2n) is 3.82. The fourth-order valence-corrected chi connectivity index (χ4v) is 1.76. The Kier molecular flexibility index (Phi) is 3.43. The molecule has 0 bridgehead atoms. The van der Waals surface area contributed by atoms with E-state index in [9.17, 15) is 0 Å². The summed E-state index contributed by atoms with van der Waals surface area (Å²) in [7, 11) is 1.52. The summed E-state index contributed by atoms with van der Waals surface area (Å²) >= 11 is 5.83. The monoisotopic (exact) mass is 242 g/mol. The van der Waals surface area contributed by atoms with Crippen molar-refractivity contribution in [2.75, 3.05) is 18.6 Å². The van der Waals surface area contributed by atoms with Crippen LogP contribution in [0.2, 0.25) is 5.28 Å². The van der Waals surface area contributed by atoms with Crippen molar-refractivity contribution in [3.8, 4) is 6.01 Å². The van der Waals surface area contributed by atoms with Gasteiger partial charge in [-0.2, -0.15) is 15.0 Å². The van der Waals surface area contributed by atoms with Crippen molar-refractivity contribution in [2.45, 2.75) is 32.2 Å². The zero-order valence-electron chi connectivity index (χ0n) is 9.48. The van der Waals surface area contributed by atoms with Gasteiger partial charge < -0.3 is 9.64 Å². The van der Waals surface area contributed by atoms with Crippen molar-refractivity contribution in [2.24, 2.45) is 0 Å². The smallest absolute Gasteiger partial charge is 0.322 e. The third-order valence-corrected chi connectivity index (χ3v) is 2.64. The van der Waals surface area contributed by atoms with Gasteiger partial charge in [0.05, 0.1) is 7.11 Å². The summed E-state index contributed by atoms with van der Waals surface area (Å²) in [5, 5.41) is 0.184. The van der Waals surface area contributed by atoms with Gasteiger partial charge in [0.1, 0.15) is 0 Å². The van der Waals surface area contributed by atoms with Crippen LogP contribution in [0.4, 0.5) is 5.95 Å². The normalized spacial score (nSPS) is 14.9. The van der Waals surface area contributed by atoms with Crippen molar-refractivity contribution >= 4 is 17.5 Å². The Labute approximate surface area is 99.8 Å². The number of aromatic nitrogens is 3. The highest BCUT2D eigenvalue weighted by Crippen LogP contribution is 2.30. The Hall–Kier alpha value is -1.10. The number of nitrogens with zero attached hydrogens (tertiary/aromatic N) is 4. The van der Waals surface area contributed by atoms with Gasteiger partial charge in [-0.3, -0.25) is 0 Å². The third kappa shape index (κ3) is 2.52. The minimum Gasteiger partial charge on any atom is -0.467 e. The first-order chi connectivity index (χ1) is 7.74. The molecule has 1 aliphatic carbocycles. The largest absolute Gasteiger partial charge is 0.467 e. The zero-order valence-corrected chi connectivity index (χ0v) is 10.2. The molecule has 0 N–H and O–H groups in total. The first-order valence-corrected chi connectivity index (χ1v) is 5.84. The van der Waals surface area contributed by atoms with E-state index >= 15 is 0 Å². The van der Waals surface area contributed by atoms with Crippen LogP contribution in [0.5, 0.6) is 6.01 Å². The second-order valence-corrected chi connectivity index (χ2v) is 4.15. The molecule has 1 aliphatic rings. The average Bonchev–Trinajstić information content (AvgIpc) is 3.08. The van der Waals surface area contributed by atoms with E-state index in [4.69, 9.17) is 16.3 Å². The Morgan fingerprint density at radius 1 is 1.38 bits per heavy atom. The number of anilines is 1. The Balaban J connectivity index is 2.25. The summed E-state index contributed by atoms with van der Waals surface area (Å²) in [6.07, 6.45) is 3.46. The molecule has 2 rings (SSSR count). The summed E-state index contributed by atoms with van der Waals surface area (Å²) in [5.41, 5.74) is 0. The molecular formula is C10H15ClN4O. The van der Waals surface area contributed by atoms with Gasteiger partial charge in [-0.15, -0.1) is 0 Å². The fraction of sp³-hybridized carbons (Fsp3) is 0.700. The lowest BCUT2D eigenvalue weighted by Crippen LogP contribution is -2.28. The molecule has 1 aromatic heterocycles. The van der Waals surface area contributed by atoms with Gasteiger partial charge in [-0.25, -0.2) is 0 Å². The molecule has 1 saturated carbocycles. The van der Waals surface area contributed by atoms with Gasteiger partial charge in [0.25, 0.3) is 0 Å². The summed E-state index contributed by atoms with van der Waals surface area (Å²) in [6, 6.07) is 0.833. The highest BCUT2D eigenvalue weighted by Gasteiger charge is 2.30. The maximum Gasteiger partial charge on any atom is 0.322 e. The fourth-order valence-electron chi connectivity index (χ4n) is 1.61. The molecular weight excluding hydrogens is 228 g/mol. The topological polar surface area (TPSA) is 51.1 Å². The van der Waals surface area contributed by atoms with Crippen LogP contribution in [-0.4, -0.2) is 34.6 Å². The van der Waals surface area contributed by atoms with Crippen molar-refractivity contribution in [3.63, 3.8) is 0 Å². The van der Waals surface area contributed by atoms with Gasteiger partial charge >= 0.3 is 6.01 Å². The molecule has 0 aromatic carbocycles. The van der Waals surface area contributed by atoms with E-state index in [1.54, 1.807) is 0 Å². The lowest BCUT2D eigenvalue weighted by Gasteiger charge is -2.21. The Morgan fingerprint density at radius 2 is 2.12 bits per heavy atom. The molecule has 0 unspecified atom stereocenters. The predicted molar refractivity (Wildman–Crippen MR) is 62.0 cm³/mol. The minimum atomic E-state index is 0.184. The molecule has 0 spiro atoms. The van der Waals surface area contributed by atoms with E-state index < -0.39 is 0 Å². The Morgan fingerprint density at radius 3 is 2.69 bits per heavy atom. The average molecular weight is 243 g/mol. The quantitative estimate of drug-likeness (QED) is 0.790. The number of rotatable bonds is 5. The first-order valence-electron chi connectivity index (χ1n) is 5.46. The van der Waals surface area contributed by atoms with E-state index in [-0.39, 0.29) is 11.3 Å². The molecule has 1 heterocycles. The minimum absolute atomic E-state index is 0.184. The SMILES string of the molecule is CCCN(c1nc(Cl)nc(OC)n1)C1CC1. The molecule has 16 heavy (non-hydrogen) atoms. The van der Waals surface area contributed by atoms with Crippen LogP contribution in [0.25, 0.3) is 0 Å². The van der Waals surface area contributed by atoms with E-state index in [1.165, 1.54) is 20.0 Å². The van der Waals surface area contributed by atoms with Gasteiger partial charge in [0.15, 0.2) is 0 Å². The maximum absolute atomic E-state index is 5.83. The number of hydrogen-bond acceptors (Lipinski definition) is 5. The molecule has 88 valence electrons. The molecule has 5 nitrogen and oxygen atoms in total. The lowest BCUT2D eigenvalue weighted by atomic mass is 10.4. The van der Waals surface area contributed by atoms with Crippen LogP contribution in [-0.2, 0) is 0 Å². The molecule has 1 aromatic rings. The van der Waals surface area contributed by atoms with Crippen LogP contribution in [0, 0.1) is 0 Å². The summed E-state index contributed by atoms with van der Waals surface area (Å²) < 4.78 is 4.99.